The van der Waals surface area contributed by atoms with Crippen molar-refractivity contribution in [2.24, 2.45) is 5.10 Å². The molecular formula is C25H21BrN4O4. The molecule has 1 atom stereocenters. The summed E-state index contributed by atoms with van der Waals surface area (Å²) in [5.41, 5.74) is 1.08. The first-order valence-electron chi connectivity index (χ1n) is 10.6. The molecule has 0 aliphatic rings. The molecule has 0 radical (unpaired) electrons. The summed E-state index contributed by atoms with van der Waals surface area (Å²) in [6, 6.07) is 19.3. The molecular weight excluding hydrogens is 500 g/mol. The zero-order chi connectivity index (χ0) is 24.2. The van der Waals surface area contributed by atoms with Crippen LogP contribution in [0, 0.1) is 10.1 Å². The van der Waals surface area contributed by atoms with Gasteiger partial charge in [-0.1, -0.05) is 65.3 Å². The van der Waals surface area contributed by atoms with Gasteiger partial charge in [0.05, 0.1) is 28.1 Å². The Kier molecular flexibility index (Phi) is 6.83. The smallest absolute Gasteiger partial charge is 0.312 e. The number of hydrogen-bond donors (Lipinski definition) is 0. The number of fused-ring (bicyclic) bond motifs is 1. The van der Waals surface area contributed by atoms with Crippen LogP contribution in [0.5, 0.6) is 5.75 Å². The van der Waals surface area contributed by atoms with Gasteiger partial charge in [0, 0.05) is 21.7 Å². The Morgan fingerprint density at radius 3 is 2.59 bits per heavy atom. The Bertz CT molecular complexity index is 1450. The summed E-state index contributed by atoms with van der Waals surface area (Å²) >= 11 is 3.32. The van der Waals surface area contributed by atoms with Crippen molar-refractivity contribution in [3.8, 4) is 17.1 Å². The van der Waals surface area contributed by atoms with Crippen LogP contribution in [0.4, 0.5) is 5.69 Å². The minimum Gasteiger partial charge on any atom is -0.483 e. The SMILES string of the molecule is CC[C@H](C)Oc1c(C=Nn2c(-c3ccccc3)nc3ccccc3c2=O)cc(Br)cc1[N+](=O)[O-]. The number of nitro benzene ring substituents is 1. The average molecular weight is 521 g/mol. The number of ether oxygens (including phenoxy) is 1. The van der Waals surface area contributed by atoms with Crippen LogP contribution in [0.3, 0.4) is 0 Å². The molecule has 8 nitrogen and oxygen atoms in total. The van der Waals surface area contributed by atoms with Crippen LogP contribution in [0.2, 0.25) is 0 Å². The fourth-order valence-electron chi connectivity index (χ4n) is 3.37. The highest BCUT2D eigenvalue weighted by Gasteiger charge is 2.22. The highest BCUT2D eigenvalue weighted by molar-refractivity contribution is 9.10. The molecule has 4 aromatic rings. The summed E-state index contributed by atoms with van der Waals surface area (Å²) < 4.78 is 7.59. The Morgan fingerprint density at radius 1 is 1.18 bits per heavy atom. The minimum absolute atomic E-state index is 0.0920. The van der Waals surface area contributed by atoms with Crippen LogP contribution in [-0.4, -0.2) is 26.9 Å². The van der Waals surface area contributed by atoms with Gasteiger partial charge in [-0.3, -0.25) is 14.9 Å². The van der Waals surface area contributed by atoms with Crippen LogP contribution in [0.15, 0.2) is 81.1 Å². The number of benzene rings is 3. The minimum atomic E-state index is -0.501. The van der Waals surface area contributed by atoms with Crippen LogP contribution in [0.25, 0.3) is 22.3 Å². The lowest BCUT2D eigenvalue weighted by molar-refractivity contribution is -0.386. The van der Waals surface area contributed by atoms with Crippen molar-refractivity contribution in [2.45, 2.75) is 26.4 Å². The van der Waals surface area contributed by atoms with Gasteiger partial charge in [-0.25, -0.2) is 4.98 Å². The molecule has 0 amide bonds. The molecule has 34 heavy (non-hydrogen) atoms. The maximum absolute atomic E-state index is 13.4. The van der Waals surface area contributed by atoms with E-state index in [1.54, 1.807) is 24.3 Å². The number of rotatable bonds is 7. The van der Waals surface area contributed by atoms with Crippen LogP contribution < -0.4 is 10.3 Å². The predicted octanol–water partition coefficient (Wildman–Crippen LogP) is 5.79. The van der Waals surface area contributed by atoms with Crippen LogP contribution in [-0.2, 0) is 0 Å². The van der Waals surface area contributed by atoms with E-state index in [9.17, 15) is 14.9 Å². The second kappa shape index (κ2) is 9.96. The van der Waals surface area contributed by atoms with E-state index >= 15 is 0 Å². The first-order chi connectivity index (χ1) is 16.4. The Balaban J connectivity index is 1.93. The lowest BCUT2D eigenvalue weighted by Gasteiger charge is -2.15. The van der Waals surface area contributed by atoms with Crippen molar-refractivity contribution in [1.82, 2.24) is 9.66 Å². The van der Waals surface area contributed by atoms with Gasteiger partial charge in [-0.15, -0.1) is 0 Å². The molecule has 1 heterocycles. The van der Waals surface area contributed by atoms with E-state index in [0.29, 0.717) is 38.7 Å². The first-order valence-corrected chi connectivity index (χ1v) is 11.4. The summed E-state index contributed by atoms with van der Waals surface area (Å²) in [6.07, 6.45) is 1.80. The van der Waals surface area contributed by atoms with Crippen molar-refractivity contribution in [1.29, 1.82) is 0 Å². The molecule has 4 rings (SSSR count). The van der Waals surface area contributed by atoms with E-state index in [-0.39, 0.29) is 23.1 Å². The van der Waals surface area contributed by atoms with Gasteiger partial charge in [0.25, 0.3) is 5.56 Å². The quantitative estimate of drug-likeness (QED) is 0.174. The van der Waals surface area contributed by atoms with Crippen molar-refractivity contribution < 1.29 is 9.66 Å². The highest BCUT2D eigenvalue weighted by atomic mass is 79.9. The zero-order valence-electron chi connectivity index (χ0n) is 18.5. The third kappa shape index (κ3) is 4.74. The maximum atomic E-state index is 13.4. The number of nitrogens with zero attached hydrogens (tertiary/aromatic N) is 4. The lowest BCUT2D eigenvalue weighted by Crippen LogP contribution is -2.20. The Hall–Kier alpha value is -3.85. The van der Waals surface area contributed by atoms with Crippen LogP contribution >= 0.6 is 15.9 Å². The van der Waals surface area contributed by atoms with Crippen molar-refractivity contribution in [2.75, 3.05) is 0 Å². The number of nitro groups is 1. The summed E-state index contributed by atoms with van der Waals surface area (Å²) in [5.74, 6) is 0.448. The first kappa shape index (κ1) is 23.3. The Morgan fingerprint density at radius 2 is 1.88 bits per heavy atom. The van der Waals surface area contributed by atoms with E-state index in [1.165, 1.54) is 17.0 Å². The molecule has 3 aromatic carbocycles. The summed E-state index contributed by atoms with van der Waals surface area (Å²) in [6.45, 7) is 3.76. The van der Waals surface area contributed by atoms with E-state index in [1.807, 2.05) is 50.2 Å². The number of para-hydroxylation sites is 1. The summed E-state index contributed by atoms with van der Waals surface area (Å²) in [4.78, 5) is 29.2. The number of halogens is 1. The van der Waals surface area contributed by atoms with Crippen molar-refractivity contribution in [3.63, 3.8) is 0 Å². The molecule has 0 spiro atoms. The molecule has 0 saturated carbocycles. The molecule has 0 N–H and O–H groups in total. The number of aromatic nitrogens is 2. The standard InChI is InChI=1S/C25H21BrN4O4/c1-3-16(2)34-23-18(13-19(26)14-22(23)30(32)33)15-27-29-24(17-9-5-4-6-10-17)28-21-12-8-7-11-20(21)25(29)31/h4-16H,3H2,1-2H3/t16-/m0/s1. The van der Waals surface area contributed by atoms with Gasteiger partial charge >= 0.3 is 5.69 Å². The highest BCUT2D eigenvalue weighted by Crippen LogP contribution is 2.35. The fourth-order valence-corrected chi connectivity index (χ4v) is 3.83. The van der Waals surface area contributed by atoms with Gasteiger partial charge in [0.2, 0.25) is 5.75 Å². The Labute approximate surface area is 203 Å². The molecule has 9 heteroatoms. The second-order valence-corrected chi connectivity index (χ2v) is 8.53. The van der Waals surface area contributed by atoms with Crippen molar-refractivity contribution >= 4 is 38.7 Å². The zero-order valence-corrected chi connectivity index (χ0v) is 20.1. The maximum Gasteiger partial charge on any atom is 0.312 e. The van der Waals surface area contributed by atoms with E-state index < -0.39 is 4.92 Å². The van der Waals surface area contributed by atoms with E-state index in [0.717, 1.165) is 0 Å². The molecule has 0 unspecified atom stereocenters. The molecule has 0 saturated heterocycles. The predicted molar refractivity (Wildman–Crippen MR) is 136 cm³/mol. The van der Waals surface area contributed by atoms with Gasteiger partial charge < -0.3 is 4.74 Å². The van der Waals surface area contributed by atoms with E-state index in [2.05, 4.69) is 26.0 Å². The second-order valence-electron chi connectivity index (χ2n) is 7.62. The molecule has 0 aliphatic carbocycles. The fraction of sp³-hybridized carbons (Fsp3) is 0.160. The van der Waals surface area contributed by atoms with Crippen LogP contribution in [0.1, 0.15) is 25.8 Å². The lowest BCUT2D eigenvalue weighted by atomic mass is 10.1. The number of hydrogen-bond acceptors (Lipinski definition) is 6. The third-order valence-electron chi connectivity index (χ3n) is 5.25. The van der Waals surface area contributed by atoms with Gasteiger partial charge in [-0.2, -0.15) is 9.78 Å². The topological polar surface area (TPSA) is 99.6 Å². The molecule has 0 aliphatic heterocycles. The summed E-state index contributed by atoms with van der Waals surface area (Å²) in [5, 5.41) is 16.5. The average Bonchev–Trinajstić information content (AvgIpc) is 2.84. The van der Waals surface area contributed by atoms with E-state index in [4.69, 9.17) is 4.74 Å². The molecule has 172 valence electrons. The third-order valence-corrected chi connectivity index (χ3v) is 5.71. The monoisotopic (exact) mass is 520 g/mol. The normalized spacial score (nSPS) is 12.2. The molecule has 1 aromatic heterocycles. The molecule has 0 bridgehead atoms. The molecule has 0 fully saturated rings. The largest absolute Gasteiger partial charge is 0.483 e. The van der Waals surface area contributed by atoms with Gasteiger partial charge in [0.1, 0.15) is 0 Å². The van der Waals surface area contributed by atoms with Gasteiger partial charge in [0.15, 0.2) is 5.82 Å². The summed E-state index contributed by atoms with van der Waals surface area (Å²) in [7, 11) is 0. The van der Waals surface area contributed by atoms with Crippen molar-refractivity contribution in [3.05, 3.63) is 97.2 Å². The van der Waals surface area contributed by atoms with Gasteiger partial charge in [-0.05, 0) is 31.5 Å².